The van der Waals surface area contributed by atoms with Gasteiger partial charge in [-0.15, -0.1) is 0 Å². The first-order valence-electron chi connectivity index (χ1n) is 13.2. The number of nitrogens with zero attached hydrogens (tertiary/aromatic N) is 2. The highest BCUT2D eigenvalue weighted by Gasteiger charge is 2.35. The van der Waals surface area contributed by atoms with E-state index >= 15 is 0 Å². The van der Waals surface area contributed by atoms with E-state index in [4.69, 9.17) is 4.74 Å². The molecule has 1 atom stereocenters. The normalized spacial score (nSPS) is 12.3. The number of para-hydroxylation sites is 2. The van der Waals surface area contributed by atoms with Crippen molar-refractivity contribution in [1.29, 1.82) is 0 Å². The molecule has 0 heterocycles. The lowest BCUT2D eigenvalue weighted by Crippen LogP contribution is -2.55. The third kappa shape index (κ3) is 7.63. The fourth-order valence-corrected chi connectivity index (χ4v) is 5.89. The number of carbonyl (C=O) groups is 2. The molecule has 0 aliphatic carbocycles. The number of amides is 2. The average molecular weight is 566 g/mol. The minimum Gasteiger partial charge on any atom is -0.495 e. The van der Waals surface area contributed by atoms with Crippen molar-refractivity contribution in [2.24, 2.45) is 0 Å². The number of ether oxygens (including phenoxy) is 1. The predicted octanol–water partition coefficient (Wildman–Crippen LogP) is 4.92. The molecule has 3 rings (SSSR count). The minimum absolute atomic E-state index is 0.0384. The van der Waals surface area contributed by atoms with Crippen molar-refractivity contribution in [3.63, 3.8) is 0 Å². The summed E-state index contributed by atoms with van der Waals surface area (Å²) in [7, 11) is -2.72. The van der Waals surface area contributed by atoms with E-state index < -0.39 is 34.1 Å². The van der Waals surface area contributed by atoms with Crippen LogP contribution in [0.2, 0.25) is 0 Å². The second kappa shape index (κ2) is 13.0. The molecule has 0 saturated carbocycles. The van der Waals surface area contributed by atoms with Crippen molar-refractivity contribution in [2.45, 2.75) is 64.1 Å². The highest BCUT2D eigenvalue weighted by Crippen LogP contribution is 2.32. The lowest BCUT2D eigenvalue weighted by Gasteiger charge is -2.35. The van der Waals surface area contributed by atoms with Gasteiger partial charge in [-0.2, -0.15) is 0 Å². The van der Waals surface area contributed by atoms with Crippen LogP contribution >= 0.6 is 0 Å². The molecule has 3 aromatic rings. The molecular formula is C31H39N3O5S. The molecule has 2 amide bonds. The van der Waals surface area contributed by atoms with Gasteiger partial charge in [0, 0.05) is 12.1 Å². The number of anilines is 1. The molecule has 0 aliphatic rings. The van der Waals surface area contributed by atoms with Gasteiger partial charge in [0.2, 0.25) is 11.8 Å². The zero-order chi connectivity index (χ0) is 29.5. The summed E-state index contributed by atoms with van der Waals surface area (Å²) in [5, 5.41) is 2.98. The Balaban J connectivity index is 2.10. The Morgan fingerprint density at radius 2 is 1.60 bits per heavy atom. The van der Waals surface area contributed by atoms with Crippen LogP contribution in [0.25, 0.3) is 0 Å². The molecule has 0 radical (unpaired) electrons. The molecule has 0 spiro atoms. The number of aryl methyl sites for hydroxylation is 1. The lowest BCUT2D eigenvalue weighted by atomic mass is 10.0. The van der Waals surface area contributed by atoms with Crippen molar-refractivity contribution in [3.05, 3.63) is 90.0 Å². The Labute approximate surface area is 238 Å². The van der Waals surface area contributed by atoms with Crippen LogP contribution in [0.15, 0.2) is 83.8 Å². The highest BCUT2D eigenvalue weighted by atomic mass is 32.2. The maximum atomic E-state index is 14.2. The van der Waals surface area contributed by atoms with Crippen LogP contribution in [-0.4, -0.2) is 50.4 Å². The zero-order valence-corrected chi connectivity index (χ0v) is 24.9. The Bertz CT molecular complexity index is 1420. The average Bonchev–Trinajstić information content (AvgIpc) is 2.91. The van der Waals surface area contributed by atoms with Gasteiger partial charge in [-0.3, -0.25) is 13.9 Å². The third-order valence-corrected chi connectivity index (χ3v) is 8.06. The molecule has 0 saturated heterocycles. The first-order valence-corrected chi connectivity index (χ1v) is 14.7. The number of nitrogens with one attached hydrogen (secondary N) is 1. The van der Waals surface area contributed by atoms with E-state index in [0.717, 1.165) is 15.4 Å². The summed E-state index contributed by atoms with van der Waals surface area (Å²) >= 11 is 0. The van der Waals surface area contributed by atoms with Crippen molar-refractivity contribution in [1.82, 2.24) is 10.2 Å². The van der Waals surface area contributed by atoms with Gasteiger partial charge in [-0.25, -0.2) is 8.42 Å². The van der Waals surface area contributed by atoms with E-state index in [1.807, 2.05) is 58.9 Å². The van der Waals surface area contributed by atoms with Crippen molar-refractivity contribution in [2.75, 3.05) is 18.0 Å². The predicted molar refractivity (Wildman–Crippen MR) is 158 cm³/mol. The van der Waals surface area contributed by atoms with Crippen LogP contribution < -0.4 is 14.4 Å². The summed E-state index contributed by atoms with van der Waals surface area (Å²) in [4.78, 5) is 29.1. The number of benzene rings is 3. The second-order valence-electron chi connectivity index (χ2n) is 10.7. The largest absolute Gasteiger partial charge is 0.495 e. The van der Waals surface area contributed by atoms with Gasteiger partial charge < -0.3 is 15.0 Å². The van der Waals surface area contributed by atoms with Crippen LogP contribution in [0.5, 0.6) is 5.75 Å². The van der Waals surface area contributed by atoms with Gasteiger partial charge in [0.15, 0.2) is 0 Å². The standard InChI is InChI=1S/C31H39N3O5S/c1-7-26(30(36)32-31(3,4)5)33(21-24-15-13-14-23(2)20-24)29(35)22-34(27-18-11-12-19-28(27)39-6)40(37,38)25-16-9-8-10-17-25/h8-20,26H,7,21-22H2,1-6H3,(H,32,36)/t26-/m1/s1. The van der Waals surface area contributed by atoms with Gasteiger partial charge in [-0.05, 0) is 63.9 Å². The SMILES string of the molecule is CC[C@H](C(=O)NC(C)(C)C)N(Cc1cccc(C)c1)C(=O)CN(c1ccccc1OC)S(=O)(=O)c1ccccc1. The van der Waals surface area contributed by atoms with Gasteiger partial charge in [0.1, 0.15) is 18.3 Å². The molecule has 0 unspecified atom stereocenters. The van der Waals surface area contributed by atoms with E-state index in [1.165, 1.54) is 24.1 Å². The van der Waals surface area contributed by atoms with Crippen LogP contribution in [0.4, 0.5) is 5.69 Å². The molecule has 40 heavy (non-hydrogen) atoms. The van der Waals surface area contributed by atoms with Crippen LogP contribution in [-0.2, 0) is 26.2 Å². The number of carbonyl (C=O) groups excluding carboxylic acids is 2. The van der Waals surface area contributed by atoms with Gasteiger partial charge in [0.05, 0.1) is 17.7 Å². The number of rotatable bonds is 11. The third-order valence-electron chi connectivity index (χ3n) is 6.28. The molecule has 0 fully saturated rings. The summed E-state index contributed by atoms with van der Waals surface area (Å²) in [5.74, 6) is -0.508. The first kappa shape index (κ1) is 30.7. The zero-order valence-electron chi connectivity index (χ0n) is 24.0. The monoisotopic (exact) mass is 565 g/mol. The Hall–Kier alpha value is -3.85. The maximum absolute atomic E-state index is 14.2. The highest BCUT2D eigenvalue weighted by molar-refractivity contribution is 7.92. The number of hydrogen-bond donors (Lipinski definition) is 1. The molecule has 0 aliphatic heterocycles. The van der Waals surface area contributed by atoms with Crippen LogP contribution in [0.3, 0.4) is 0 Å². The Kier molecular flexibility index (Phi) is 9.98. The topological polar surface area (TPSA) is 96.0 Å². The Morgan fingerprint density at radius 3 is 2.20 bits per heavy atom. The Morgan fingerprint density at radius 1 is 0.950 bits per heavy atom. The number of methoxy groups -OCH3 is 1. The summed E-state index contributed by atoms with van der Waals surface area (Å²) in [6.45, 7) is 9.03. The fraction of sp³-hybridized carbons (Fsp3) is 0.355. The smallest absolute Gasteiger partial charge is 0.264 e. The summed E-state index contributed by atoms with van der Waals surface area (Å²) in [5.41, 5.74) is 1.57. The van der Waals surface area contributed by atoms with Crippen molar-refractivity contribution >= 4 is 27.5 Å². The molecule has 9 heteroatoms. The number of sulfonamides is 1. The van der Waals surface area contributed by atoms with E-state index in [0.29, 0.717) is 12.2 Å². The minimum atomic E-state index is -4.17. The van der Waals surface area contributed by atoms with Crippen molar-refractivity contribution in [3.8, 4) is 5.75 Å². The molecule has 0 aromatic heterocycles. The van der Waals surface area contributed by atoms with Gasteiger partial charge in [0.25, 0.3) is 10.0 Å². The van der Waals surface area contributed by atoms with Crippen LogP contribution in [0, 0.1) is 6.92 Å². The second-order valence-corrected chi connectivity index (χ2v) is 12.5. The maximum Gasteiger partial charge on any atom is 0.264 e. The molecule has 214 valence electrons. The molecule has 0 bridgehead atoms. The molecule has 1 N–H and O–H groups in total. The molecular weight excluding hydrogens is 526 g/mol. The summed E-state index contributed by atoms with van der Waals surface area (Å²) in [6.07, 6.45) is 0.347. The van der Waals surface area contributed by atoms with Crippen LogP contribution in [0.1, 0.15) is 45.2 Å². The summed E-state index contributed by atoms with van der Waals surface area (Å²) < 4.78 is 34.4. The van der Waals surface area contributed by atoms with E-state index in [1.54, 1.807) is 42.5 Å². The van der Waals surface area contributed by atoms with Gasteiger partial charge >= 0.3 is 0 Å². The van der Waals surface area contributed by atoms with E-state index in [2.05, 4.69) is 5.32 Å². The summed E-state index contributed by atoms with van der Waals surface area (Å²) in [6, 6.07) is 21.5. The number of hydrogen-bond acceptors (Lipinski definition) is 5. The van der Waals surface area contributed by atoms with Gasteiger partial charge in [-0.1, -0.05) is 67.1 Å². The van der Waals surface area contributed by atoms with Crippen molar-refractivity contribution < 1.29 is 22.7 Å². The van der Waals surface area contributed by atoms with E-state index in [9.17, 15) is 18.0 Å². The molecule has 3 aromatic carbocycles. The fourth-order valence-electron chi connectivity index (χ4n) is 4.45. The first-order chi connectivity index (χ1) is 18.9. The quantitative estimate of drug-likeness (QED) is 0.356. The molecule has 8 nitrogen and oxygen atoms in total. The lowest BCUT2D eigenvalue weighted by molar-refractivity contribution is -0.141. The van der Waals surface area contributed by atoms with E-state index in [-0.39, 0.29) is 23.0 Å².